The van der Waals surface area contributed by atoms with Gasteiger partial charge in [0.25, 0.3) is 6.43 Å². The summed E-state index contributed by atoms with van der Waals surface area (Å²) in [5, 5.41) is 0. The Balaban J connectivity index is 5.09. The molecule has 148 valence electrons. The predicted octanol–water partition coefficient (Wildman–Crippen LogP) is 4.41. The van der Waals surface area contributed by atoms with Crippen LogP contribution in [-0.4, -0.2) is 37.7 Å². The molecule has 0 amide bonds. The summed E-state index contributed by atoms with van der Waals surface area (Å²) in [4.78, 5) is 24.4. The van der Waals surface area contributed by atoms with Crippen molar-refractivity contribution in [3.05, 3.63) is 0 Å². The average molecular weight is 368 g/mol. The van der Waals surface area contributed by atoms with Gasteiger partial charge in [-0.2, -0.15) is 0 Å². The third-order valence-electron chi connectivity index (χ3n) is 3.33. The van der Waals surface area contributed by atoms with E-state index in [0.717, 1.165) is 0 Å². The standard InChI is InChI=1S/C18H31F3O4/c1-11(15(22)24-9-17(2,3)4)12(8-13(19)14(20)21)16(23)25-10-18(5,6)7/h11-14H,8-10H2,1-7H3. The van der Waals surface area contributed by atoms with Gasteiger partial charge < -0.3 is 9.47 Å². The summed E-state index contributed by atoms with van der Waals surface area (Å²) in [5.74, 6) is -3.99. The Labute approximate surface area is 148 Å². The van der Waals surface area contributed by atoms with Crippen LogP contribution in [0.1, 0.15) is 54.9 Å². The molecule has 0 N–H and O–H groups in total. The quantitative estimate of drug-likeness (QED) is 0.596. The Kier molecular flexibility index (Phi) is 8.95. The van der Waals surface area contributed by atoms with Gasteiger partial charge in [-0.15, -0.1) is 0 Å². The number of carbonyl (C=O) groups is 2. The molecule has 0 rings (SSSR count). The van der Waals surface area contributed by atoms with Crippen molar-refractivity contribution in [2.24, 2.45) is 22.7 Å². The second kappa shape index (κ2) is 9.43. The molecule has 0 aliphatic rings. The molecule has 4 nitrogen and oxygen atoms in total. The van der Waals surface area contributed by atoms with E-state index in [1.54, 1.807) is 0 Å². The van der Waals surface area contributed by atoms with Crippen molar-refractivity contribution >= 4 is 11.9 Å². The molecule has 7 heteroatoms. The van der Waals surface area contributed by atoms with E-state index < -0.39 is 42.8 Å². The molecule has 0 spiro atoms. The van der Waals surface area contributed by atoms with Crippen molar-refractivity contribution in [1.29, 1.82) is 0 Å². The van der Waals surface area contributed by atoms with Crippen LogP contribution in [-0.2, 0) is 19.1 Å². The predicted molar refractivity (Wildman–Crippen MR) is 89.0 cm³/mol. The summed E-state index contributed by atoms with van der Waals surface area (Å²) < 4.78 is 48.8. The van der Waals surface area contributed by atoms with E-state index in [0.29, 0.717) is 0 Å². The lowest BCUT2D eigenvalue weighted by atomic mass is 9.88. The molecular weight excluding hydrogens is 337 g/mol. The zero-order chi connectivity index (χ0) is 20.0. The third-order valence-corrected chi connectivity index (χ3v) is 3.33. The summed E-state index contributed by atoms with van der Waals surface area (Å²) in [5.41, 5.74) is -0.628. The molecule has 0 fully saturated rings. The number of hydrogen-bond acceptors (Lipinski definition) is 4. The zero-order valence-corrected chi connectivity index (χ0v) is 16.2. The largest absolute Gasteiger partial charge is 0.465 e. The van der Waals surface area contributed by atoms with E-state index in [1.807, 2.05) is 41.5 Å². The second-order valence-electron chi connectivity index (χ2n) is 8.82. The van der Waals surface area contributed by atoms with Crippen LogP contribution in [0.3, 0.4) is 0 Å². The normalized spacial score (nSPS) is 16.3. The van der Waals surface area contributed by atoms with Crippen LogP contribution in [0.2, 0.25) is 0 Å². The Morgan fingerprint density at radius 3 is 1.60 bits per heavy atom. The Hall–Kier alpha value is -1.27. The highest BCUT2D eigenvalue weighted by Crippen LogP contribution is 2.27. The monoisotopic (exact) mass is 368 g/mol. The highest BCUT2D eigenvalue weighted by atomic mass is 19.3. The molecule has 3 atom stereocenters. The van der Waals surface area contributed by atoms with Gasteiger partial charge in [0, 0.05) is 0 Å². The van der Waals surface area contributed by atoms with Crippen molar-refractivity contribution in [2.75, 3.05) is 13.2 Å². The molecule has 3 unspecified atom stereocenters. The summed E-state index contributed by atoms with van der Waals surface area (Å²) in [6.07, 6.45) is -6.52. The van der Waals surface area contributed by atoms with Crippen LogP contribution < -0.4 is 0 Å². The fraction of sp³-hybridized carbons (Fsp3) is 0.889. The lowest BCUT2D eigenvalue weighted by Gasteiger charge is -2.26. The fourth-order valence-electron chi connectivity index (χ4n) is 1.83. The van der Waals surface area contributed by atoms with Crippen molar-refractivity contribution in [2.45, 2.75) is 67.5 Å². The molecule has 0 aromatic carbocycles. The van der Waals surface area contributed by atoms with Gasteiger partial charge in [-0.05, 0) is 17.3 Å². The van der Waals surface area contributed by atoms with Crippen LogP contribution in [0.25, 0.3) is 0 Å². The average Bonchev–Trinajstić information content (AvgIpc) is 2.45. The molecule has 0 saturated heterocycles. The maximum absolute atomic E-state index is 13.5. The van der Waals surface area contributed by atoms with E-state index in [-0.39, 0.29) is 24.0 Å². The van der Waals surface area contributed by atoms with Gasteiger partial charge in [0.2, 0.25) is 0 Å². The molecule has 0 aliphatic carbocycles. The molecule has 0 bridgehead atoms. The SMILES string of the molecule is CC(C(=O)OCC(C)(C)C)C(CC(F)C(F)F)C(=O)OCC(C)(C)C. The van der Waals surface area contributed by atoms with Gasteiger partial charge in [-0.3, -0.25) is 9.59 Å². The number of rotatable bonds is 8. The van der Waals surface area contributed by atoms with Gasteiger partial charge >= 0.3 is 11.9 Å². The lowest BCUT2D eigenvalue weighted by Crippen LogP contribution is -2.36. The van der Waals surface area contributed by atoms with Gasteiger partial charge in [0.1, 0.15) is 0 Å². The van der Waals surface area contributed by atoms with E-state index in [4.69, 9.17) is 9.47 Å². The number of halogens is 3. The van der Waals surface area contributed by atoms with Crippen LogP contribution in [0.4, 0.5) is 13.2 Å². The van der Waals surface area contributed by atoms with Gasteiger partial charge in [0.05, 0.1) is 25.0 Å². The summed E-state index contributed by atoms with van der Waals surface area (Å²) in [7, 11) is 0. The van der Waals surface area contributed by atoms with Crippen molar-refractivity contribution in [3.63, 3.8) is 0 Å². The first-order chi connectivity index (χ1) is 11.1. The summed E-state index contributed by atoms with van der Waals surface area (Å²) >= 11 is 0. The second-order valence-corrected chi connectivity index (χ2v) is 8.82. The van der Waals surface area contributed by atoms with Crippen molar-refractivity contribution < 1.29 is 32.2 Å². The minimum absolute atomic E-state index is 0.0394. The summed E-state index contributed by atoms with van der Waals surface area (Å²) in [6, 6.07) is 0. The molecular formula is C18H31F3O4. The highest BCUT2D eigenvalue weighted by Gasteiger charge is 2.37. The third kappa shape index (κ3) is 10.3. The number of carbonyl (C=O) groups excluding carboxylic acids is 2. The Bertz CT molecular complexity index is 439. The minimum atomic E-state index is -3.23. The van der Waals surface area contributed by atoms with Crippen LogP contribution in [0.15, 0.2) is 0 Å². The Morgan fingerprint density at radius 2 is 1.24 bits per heavy atom. The first kappa shape index (κ1) is 23.7. The van der Waals surface area contributed by atoms with Gasteiger partial charge in [-0.25, -0.2) is 13.2 Å². The molecule has 0 heterocycles. The maximum Gasteiger partial charge on any atom is 0.309 e. The smallest absolute Gasteiger partial charge is 0.309 e. The highest BCUT2D eigenvalue weighted by molar-refractivity contribution is 5.81. The molecule has 25 heavy (non-hydrogen) atoms. The molecule has 0 aromatic rings. The zero-order valence-electron chi connectivity index (χ0n) is 16.2. The van der Waals surface area contributed by atoms with E-state index >= 15 is 0 Å². The summed E-state index contributed by atoms with van der Waals surface area (Å²) in [6.45, 7) is 12.6. The van der Waals surface area contributed by atoms with Crippen LogP contribution in [0, 0.1) is 22.7 Å². The van der Waals surface area contributed by atoms with Crippen molar-refractivity contribution in [1.82, 2.24) is 0 Å². The van der Waals surface area contributed by atoms with E-state index in [2.05, 4.69) is 0 Å². The van der Waals surface area contributed by atoms with Crippen LogP contribution >= 0.6 is 0 Å². The number of ether oxygens (including phenoxy) is 2. The maximum atomic E-state index is 13.5. The van der Waals surface area contributed by atoms with E-state index in [1.165, 1.54) is 6.92 Å². The van der Waals surface area contributed by atoms with Gasteiger partial charge in [0.15, 0.2) is 6.17 Å². The van der Waals surface area contributed by atoms with Gasteiger partial charge in [-0.1, -0.05) is 48.5 Å². The van der Waals surface area contributed by atoms with Crippen LogP contribution in [0.5, 0.6) is 0 Å². The molecule has 0 saturated carbocycles. The number of hydrogen-bond donors (Lipinski definition) is 0. The first-order valence-electron chi connectivity index (χ1n) is 8.39. The number of esters is 2. The van der Waals surface area contributed by atoms with Crippen molar-refractivity contribution in [3.8, 4) is 0 Å². The molecule has 0 radical (unpaired) electrons. The first-order valence-corrected chi connectivity index (χ1v) is 8.39. The van der Waals surface area contributed by atoms with E-state index in [9.17, 15) is 22.8 Å². The molecule has 0 aliphatic heterocycles. The number of alkyl halides is 3. The minimum Gasteiger partial charge on any atom is -0.465 e. The Morgan fingerprint density at radius 1 is 0.840 bits per heavy atom. The fourth-order valence-corrected chi connectivity index (χ4v) is 1.83. The molecule has 0 aromatic heterocycles. The topological polar surface area (TPSA) is 52.6 Å². The lowest BCUT2D eigenvalue weighted by molar-refractivity contribution is -0.164.